The predicted molar refractivity (Wildman–Crippen MR) is 106 cm³/mol. The van der Waals surface area contributed by atoms with Crippen LogP contribution in [0.5, 0.6) is 5.75 Å². The monoisotopic (exact) mass is 368 g/mol. The van der Waals surface area contributed by atoms with Crippen molar-refractivity contribution in [3.63, 3.8) is 0 Å². The zero-order chi connectivity index (χ0) is 19.6. The molecule has 2 unspecified atom stereocenters. The van der Waals surface area contributed by atoms with Crippen molar-refractivity contribution in [1.29, 1.82) is 0 Å². The number of carbonyl (C=O) groups excluding carboxylic acids is 1. The van der Waals surface area contributed by atoms with Gasteiger partial charge in [0.1, 0.15) is 11.9 Å². The van der Waals surface area contributed by atoms with Gasteiger partial charge in [-0.3, -0.25) is 4.79 Å². The normalized spacial score (nSPS) is 16.7. The average molecular weight is 368 g/mol. The molecule has 0 aliphatic heterocycles. The van der Waals surface area contributed by atoms with Gasteiger partial charge in [-0.15, -0.1) is 0 Å². The van der Waals surface area contributed by atoms with Gasteiger partial charge in [0.05, 0.1) is 12.7 Å². The van der Waals surface area contributed by atoms with Crippen molar-refractivity contribution >= 4 is 5.97 Å². The number of fused-ring (bicyclic) bond motifs is 1. The van der Waals surface area contributed by atoms with Crippen LogP contribution in [-0.2, 0) is 16.0 Å². The van der Waals surface area contributed by atoms with Crippen LogP contribution < -0.4 is 4.74 Å². The molecule has 0 amide bonds. The number of ether oxygens (including phenoxy) is 2. The molecule has 27 heavy (non-hydrogen) atoms. The molecular weight excluding hydrogens is 340 g/mol. The van der Waals surface area contributed by atoms with E-state index in [0.29, 0.717) is 13.0 Å². The summed E-state index contributed by atoms with van der Waals surface area (Å²) in [5.74, 6) is 0.565. The second kappa shape index (κ2) is 8.13. The first-order valence-corrected chi connectivity index (χ1v) is 9.58. The Morgan fingerprint density at radius 2 is 1.96 bits per heavy atom. The first-order valence-electron chi connectivity index (χ1n) is 9.58. The van der Waals surface area contributed by atoms with E-state index in [1.165, 1.54) is 23.6 Å². The van der Waals surface area contributed by atoms with Crippen LogP contribution in [-0.4, -0.2) is 23.8 Å². The number of rotatable bonds is 6. The predicted octanol–water partition coefficient (Wildman–Crippen LogP) is 4.67. The van der Waals surface area contributed by atoms with Crippen molar-refractivity contribution in [2.45, 2.75) is 59.2 Å². The molecule has 3 rings (SSSR count). The topological polar surface area (TPSA) is 55.8 Å². The van der Waals surface area contributed by atoms with Gasteiger partial charge in [-0.1, -0.05) is 18.2 Å². The number of benzene rings is 2. The van der Waals surface area contributed by atoms with E-state index >= 15 is 0 Å². The molecule has 0 saturated carbocycles. The molecular formula is C23H28O4. The summed E-state index contributed by atoms with van der Waals surface area (Å²) < 4.78 is 11.0. The van der Waals surface area contributed by atoms with Crippen LogP contribution in [0, 0.1) is 13.8 Å². The third-order valence-electron chi connectivity index (χ3n) is 5.17. The molecule has 0 fully saturated rings. The van der Waals surface area contributed by atoms with Gasteiger partial charge in [-0.05, 0) is 79.1 Å². The molecule has 0 bridgehead atoms. The lowest BCUT2D eigenvalue weighted by atomic mass is 9.90. The van der Waals surface area contributed by atoms with Gasteiger partial charge in [-0.2, -0.15) is 0 Å². The van der Waals surface area contributed by atoms with E-state index in [0.717, 1.165) is 35.3 Å². The van der Waals surface area contributed by atoms with Gasteiger partial charge in [0.15, 0.2) is 0 Å². The Labute approximate surface area is 161 Å². The Balaban J connectivity index is 1.78. The van der Waals surface area contributed by atoms with Gasteiger partial charge >= 0.3 is 5.97 Å². The van der Waals surface area contributed by atoms with E-state index in [9.17, 15) is 9.90 Å². The standard InChI is InChI=1S/C23H28O4/c1-14-12-18(26-11-10-16(3)27-17(4)24)13-15(2)23(14)21-7-5-6-20-19(21)8-9-22(20)25/h5-7,12-13,16,22,25H,8-11H2,1-4H3. The Morgan fingerprint density at radius 3 is 2.63 bits per heavy atom. The third-order valence-corrected chi connectivity index (χ3v) is 5.17. The van der Waals surface area contributed by atoms with Crippen molar-refractivity contribution < 1.29 is 19.4 Å². The molecule has 144 valence electrons. The van der Waals surface area contributed by atoms with Gasteiger partial charge in [0, 0.05) is 13.3 Å². The summed E-state index contributed by atoms with van der Waals surface area (Å²) in [4.78, 5) is 11.0. The van der Waals surface area contributed by atoms with Gasteiger partial charge < -0.3 is 14.6 Å². The maximum absolute atomic E-state index is 11.0. The highest BCUT2D eigenvalue weighted by molar-refractivity contribution is 5.76. The number of aryl methyl sites for hydroxylation is 2. The minimum absolute atomic E-state index is 0.151. The number of aliphatic hydroxyl groups is 1. The van der Waals surface area contributed by atoms with Crippen LogP contribution in [0.15, 0.2) is 30.3 Å². The summed E-state index contributed by atoms with van der Waals surface area (Å²) in [7, 11) is 0. The van der Waals surface area contributed by atoms with E-state index in [-0.39, 0.29) is 18.2 Å². The smallest absolute Gasteiger partial charge is 0.302 e. The van der Waals surface area contributed by atoms with Crippen LogP contribution in [0.2, 0.25) is 0 Å². The first-order chi connectivity index (χ1) is 12.9. The molecule has 2 aromatic rings. The molecule has 0 aromatic heterocycles. The molecule has 2 atom stereocenters. The number of carbonyl (C=O) groups is 1. The summed E-state index contributed by atoms with van der Waals surface area (Å²) in [6, 6.07) is 10.3. The zero-order valence-corrected chi connectivity index (χ0v) is 16.5. The SMILES string of the molecule is CC(=O)OC(C)CCOc1cc(C)c(-c2cccc3c2CCC3O)c(C)c1. The van der Waals surface area contributed by atoms with E-state index in [1.807, 2.05) is 19.1 Å². The maximum atomic E-state index is 11.0. The lowest BCUT2D eigenvalue weighted by Gasteiger charge is -2.17. The highest BCUT2D eigenvalue weighted by Crippen LogP contribution is 2.40. The fraction of sp³-hybridized carbons (Fsp3) is 0.435. The molecule has 1 N–H and O–H groups in total. The van der Waals surface area contributed by atoms with Crippen LogP contribution in [0.3, 0.4) is 0 Å². The van der Waals surface area contributed by atoms with Crippen molar-refractivity contribution in [2.75, 3.05) is 6.61 Å². The van der Waals surface area contributed by atoms with E-state index in [2.05, 4.69) is 32.0 Å². The molecule has 2 aromatic carbocycles. The van der Waals surface area contributed by atoms with Crippen molar-refractivity contribution in [1.82, 2.24) is 0 Å². The summed E-state index contributed by atoms with van der Waals surface area (Å²) in [6.07, 6.45) is 1.87. The lowest BCUT2D eigenvalue weighted by Crippen LogP contribution is -2.15. The lowest BCUT2D eigenvalue weighted by molar-refractivity contribution is -0.145. The Hall–Kier alpha value is -2.33. The van der Waals surface area contributed by atoms with Crippen LogP contribution >= 0.6 is 0 Å². The molecule has 0 spiro atoms. The third kappa shape index (κ3) is 4.33. The van der Waals surface area contributed by atoms with E-state index < -0.39 is 0 Å². The summed E-state index contributed by atoms with van der Waals surface area (Å²) >= 11 is 0. The van der Waals surface area contributed by atoms with Gasteiger partial charge in [0.25, 0.3) is 0 Å². The van der Waals surface area contributed by atoms with Gasteiger partial charge in [0.2, 0.25) is 0 Å². The maximum Gasteiger partial charge on any atom is 0.302 e. The Bertz CT molecular complexity index is 817. The van der Waals surface area contributed by atoms with Gasteiger partial charge in [-0.25, -0.2) is 0 Å². The minimum Gasteiger partial charge on any atom is -0.493 e. The molecule has 4 heteroatoms. The first kappa shape index (κ1) is 19.4. The molecule has 4 nitrogen and oxygen atoms in total. The number of hydrogen-bond donors (Lipinski definition) is 1. The number of esters is 1. The average Bonchev–Trinajstić information content (AvgIpc) is 2.96. The van der Waals surface area contributed by atoms with Crippen molar-refractivity contribution in [3.8, 4) is 16.9 Å². The number of aliphatic hydroxyl groups excluding tert-OH is 1. The Kier molecular flexibility index (Phi) is 5.85. The van der Waals surface area contributed by atoms with Crippen LogP contribution in [0.1, 0.15) is 55.0 Å². The second-order valence-corrected chi connectivity index (χ2v) is 7.42. The highest BCUT2D eigenvalue weighted by atomic mass is 16.5. The van der Waals surface area contributed by atoms with Crippen molar-refractivity contribution in [2.24, 2.45) is 0 Å². The van der Waals surface area contributed by atoms with E-state index in [4.69, 9.17) is 9.47 Å². The zero-order valence-electron chi connectivity index (χ0n) is 16.5. The minimum atomic E-state index is -0.345. The quantitative estimate of drug-likeness (QED) is 0.753. The second-order valence-electron chi connectivity index (χ2n) is 7.42. The molecule has 1 aliphatic carbocycles. The molecule has 0 radical (unpaired) electrons. The fourth-order valence-electron chi connectivity index (χ4n) is 3.98. The van der Waals surface area contributed by atoms with Crippen molar-refractivity contribution in [3.05, 3.63) is 52.6 Å². The van der Waals surface area contributed by atoms with Crippen LogP contribution in [0.25, 0.3) is 11.1 Å². The number of hydrogen-bond acceptors (Lipinski definition) is 4. The molecule has 0 saturated heterocycles. The summed E-state index contributed by atoms with van der Waals surface area (Å²) in [6.45, 7) is 7.99. The molecule has 0 heterocycles. The highest BCUT2D eigenvalue weighted by Gasteiger charge is 2.24. The van der Waals surface area contributed by atoms with E-state index in [1.54, 1.807) is 0 Å². The fourth-order valence-corrected chi connectivity index (χ4v) is 3.98. The van der Waals surface area contributed by atoms with Crippen LogP contribution in [0.4, 0.5) is 0 Å². The Morgan fingerprint density at radius 1 is 1.26 bits per heavy atom. The summed E-state index contributed by atoms with van der Waals surface area (Å²) in [5, 5.41) is 10.2. The largest absolute Gasteiger partial charge is 0.493 e. The molecule has 1 aliphatic rings. The summed E-state index contributed by atoms with van der Waals surface area (Å²) in [5.41, 5.74) is 7.09.